The second-order valence-corrected chi connectivity index (χ2v) is 11.0. The largest absolute Gasteiger partial charge is 0.466 e. The number of hydrogen-bond acceptors (Lipinski definition) is 4. The molecule has 0 bridgehead atoms. The van der Waals surface area contributed by atoms with Gasteiger partial charge in [0.2, 0.25) is 0 Å². The van der Waals surface area contributed by atoms with Gasteiger partial charge in [-0.3, -0.25) is 9.59 Å². The van der Waals surface area contributed by atoms with Crippen LogP contribution in [-0.2, 0) is 14.3 Å². The number of esters is 1. The number of nitrogens with zero attached hydrogens (tertiary/aromatic N) is 3. The Morgan fingerprint density at radius 3 is 2.25 bits per heavy atom. The minimum atomic E-state index is -0.0579. The van der Waals surface area contributed by atoms with E-state index in [1.54, 1.807) is 0 Å². The quantitative estimate of drug-likeness (QED) is 0.0429. The minimum Gasteiger partial charge on any atom is -0.466 e. The number of hydrogen-bond donors (Lipinski definition) is 0. The fraction of sp³-hybridized carbons (Fsp3) is 0.933. The number of azide groups is 1. The molecule has 1 aliphatic carbocycles. The predicted octanol–water partition coefficient (Wildman–Crippen LogP) is 9.65. The Balaban J connectivity index is 2.09. The number of Topliss-reactive ketones (excluding diaryl/α,β-unsaturated/α-hetero) is 1. The number of carbonyl (C=O) groups excluding carboxylic acids is 2. The Bertz CT molecular complexity index is 619. The molecule has 1 unspecified atom stereocenters. The van der Waals surface area contributed by atoms with Crippen LogP contribution in [0.15, 0.2) is 5.11 Å². The summed E-state index contributed by atoms with van der Waals surface area (Å²) in [5, 5.41) is 4.01. The first kappa shape index (κ1) is 32.5. The van der Waals surface area contributed by atoms with Crippen molar-refractivity contribution < 1.29 is 14.3 Å². The van der Waals surface area contributed by atoms with E-state index in [0.29, 0.717) is 31.1 Å². The zero-order valence-electron chi connectivity index (χ0n) is 23.6. The zero-order chi connectivity index (χ0) is 26.3. The molecule has 6 nitrogen and oxygen atoms in total. The first-order valence-corrected chi connectivity index (χ1v) is 15.3. The maximum atomic E-state index is 12.5. The van der Waals surface area contributed by atoms with Gasteiger partial charge in [-0.2, -0.15) is 0 Å². The smallest absolute Gasteiger partial charge is 0.305 e. The van der Waals surface area contributed by atoms with Crippen molar-refractivity contribution in [2.24, 2.45) is 17.0 Å². The average Bonchev–Trinajstić information content (AvgIpc) is 3.22. The summed E-state index contributed by atoms with van der Waals surface area (Å²) in [5.41, 5.74) is 8.88. The van der Waals surface area contributed by atoms with Crippen LogP contribution in [0.3, 0.4) is 0 Å². The molecule has 208 valence electrons. The molecule has 1 rings (SSSR count). The minimum absolute atomic E-state index is 0.0579. The van der Waals surface area contributed by atoms with Gasteiger partial charge in [-0.15, -0.1) is 0 Å². The topological polar surface area (TPSA) is 92.1 Å². The van der Waals surface area contributed by atoms with Gasteiger partial charge in [0.15, 0.2) is 0 Å². The van der Waals surface area contributed by atoms with E-state index in [1.165, 1.54) is 51.4 Å². The van der Waals surface area contributed by atoms with E-state index in [9.17, 15) is 9.59 Å². The van der Waals surface area contributed by atoms with Crippen LogP contribution in [0.2, 0.25) is 0 Å². The molecule has 3 atom stereocenters. The van der Waals surface area contributed by atoms with E-state index in [4.69, 9.17) is 10.3 Å². The summed E-state index contributed by atoms with van der Waals surface area (Å²) in [7, 11) is 0. The normalized spacial score (nSPS) is 18.2. The molecule has 0 aromatic carbocycles. The molecule has 0 aromatic heterocycles. The summed E-state index contributed by atoms with van der Waals surface area (Å²) in [6.45, 7) is 4.99. The van der Waals surface area contributed by atoms with Crippen LogP contribution < -0.4 is 0 Å². The van der Waals surface area contributed by atoms with Gasteiger partial charge in [0.1, 0.15) is 5.78 Å². The van der Waals surface area contributed by atoms with Gasteiger partial charge >= 0.3 is 5.97 Å². The van der Waals surface area contributed by atoms with Crippen LogP contribution >= 0.6 is 0 Å². The Morgan fingerprint density at radius 2 is 1.53 bits per heavy atom. The Labute approximate surface area is 221 Å². The van der Waals surface area contributed by atoms with Crippen molar-refractivity contribution in [2.75, 3.05) is 6.61 Å². The number of ether oxygens (including phenoxy) is 1. The van der Waals surface area contributed by atoms with Crippen LogP contribution in [0.25, 0.3) is 10.4 Å². The van der Waals surface area contributed by atoms with E-state index < -0.39 is 0 Å². The third kappa shape index (κ3) is 16.2. The first-order valence-electron chi connectivity index (χ1n) is 15.3. The van der Waals surface area contributed by atoms with Gasteiger partial charge in [-0.05, 0) is 56.4 Å². The van der Waals surface area contributed by atoms with Crippen LogP contribution in [-0.4, -0.2) is 24.4 Å². The van der Waals surface area contributed by atoms with Crippen LogP contribution in [0, 0.1) is 11.8 Å². The molecule has 0 spiro atoms. The summed E-state index contributed by atoms with van der Waals surface area (Å²) in [6.07, 6.45) is 23.5. The molecule has 0 radical (unpaired) electrons. The molecule has 1 fully saturated rings. The first-order chi connectivity index (χ1) is 17.6. The Kier molecular flexibility index (Phi) is 20.4. The molecular weight excluding hydrogens is 450 g/mol. The summed E-state index contributed by atoms with van der Waals surface area (Å²) in [6, 6.07) is 0.0770. The maximum Gasteiger partial charge on any atom is 0.305 e. The second-order valence-electron chi connectivity index (χ2n) is 11.0. The molecule has 1 saturated carbocycles. The van der Waals surface area contributed by atoms with Crippen molar-refractivity contribution in [1.29, 1.82) is 0 Å². The number of carbonyl (C=O) groups is 2. The lowest BCUT2D eigenvalue weighted by molar-refractivity contribution is -0.143. The van der Waals surface area contributed by atoms with Gasteiger partial charge in [0, 0.05) is 29.7 Å². The highest BCUT2D eigenvalue weighted by atomic mass is 16.5. The molecule has 0 aliphatic heterocycles. The van der Waals surface area contributed by atoms with Crippen molar-refractivity contribution in [3.8, 4) is 0 Å². The fourth-order valence-electron chi connectivity index (χ4n) is 5.57. The monoisotopic (exact) mass is 505 g/mol. The maximum absolute atomic E-state index is 12.5. The standard InChI is InChI=1S/C30H55N3O3/c1-3-5-7-8-9-10-13-17-25-36-30(35)20-16-12-11-15-19-28-26(22-24-29(28)34)21-23-27(32-33-31)18-14-6-4-2/h26-28H,3-25H2,1-2H3/t26-,27?,28+/m0/s1. The van der Waals surface area contributed by atoms with Gasteiger partial charge in [-0.1, -0.05) is 102 Å². The predicted molar refractivity (Wildman–Crippen MR) is 149 cm³/mol. The molecule has 6 heteroatoms. The molecule has 36 heavy (non-hydrogen) atoms. The lowest BCUT2D eigenvalue weighted by atomic mass is 9.85. The van der Waals surface area contributed by atoms with E-state index in [1.807, 2.05) is 0 Å². The Morgan fingerprint density at radius 1 is 0.889 bits per heavy atom. The summed E-state index contributed by atoms with van der Waals surface area (Å²) in [4.78, 5) is 27.4. The fourth-order valence-corrected chi connectivity index (χ4v) is 5.57. The van der Waals surface area contributed by atoms with Crippen LogP contribution in [0.4, 0.5) is 0 Å². The van der Waals surface area contributed by atoms with Crippen molar-refractivity contribution in [1.82, 2.24) is 0 Å². The molecule has 0 amide bonds. The Hall–Kier alpha value is -1.55. The van der Waals surface area contributed by atoms with E-state index in [0.717, 1.165) is 77.0 Å². The molecule has 1 aliphatic rings. The number of rotatable bonds is 24. The van der Waals surface area contributed by atoms with Gasteiger partial charge in [0.25, 0.3) is 0 Å². The third-order valence-electron chi connectivity index (χ3n) is 7.88. The number of unbranched alkanes of at least 4 members (excludes halogenated alkanes) is 12. The van der Waals surface area contributed by atoms with E-state index >= 15 is 0 Å². The third-order valence-corrected chi connectivity index (χ3v) is 7.88. The highest BCUT2D eigenvalue weighted by Gasteiger charge is 2.33. The van der Waals surface area contributed by atoms with E-state index in [-0.39, 0.29) is 17.9 Å². The summed E-state index contributed by atoms with van der Waals surface area (Å²) in [5.74, 6) is 1.00. The van der Waals surface area contributed by atoms with Crippen molar-refractivity contribution >= 4 is 11.8 Å². The SMILES string of the molecule is CCCCCCCCCCOC(=O)CCCCCC[C@H]1C(=O)CC[C@@H]1CCC(CCCCC)N=[N+]=[N-]. The van der Waals surface area contributed by atoms with Gasteiger partial charge < -0.3 is 4.74 Å². The van der Waals surface area contributed by atoms with E-state index in [2.05, 4.69) is 23.9 Å². The molecule has 0 N–H and O–H groups in total. The van der Waals surface area contributed by atoms with Gasteiger partial charge in [0.05, 0.1) is 6.61 Å². The number of ketones is 1. The van der Waals surface area contributed by atoms with Crippen molar-refractivity contribution in [2.45, 2.75) is 161 Å². The highest BCUT2D eigenvalue weighted by molar-refractivity contribution is 5.83. The van der Waals surface area contributed by atoms with Gasteiger partial charge in [-0.25, -0.2) is 0 Å². The summed E-state index contributed by atoms with van der Waals surface area (Å²) >= 11 is 0. The van der Waals surface area contributed by atoms with Crippen molar-refractivity contribution in [3.63, 3.8) is 0 Å². The highest BCUT2D eigenvalue weighted by Crippen LogP contribution is 2.36. The van der Waals surface area contributed by atoms with Crippen molar-refractivity contribution in [3.05, 3.63) is 10.4 Å². The molecule has 0 aromatic rings. The molecule has 0 heterocycles. The van der Waals surface area contributed by atoms with Crippen LogP contribution in [0.5, 0.6) is 0 Å². The molecular formula is C30H55N3O3. The lowest BCUT2D eigenvalue weighted by Crippen LogP contribution is -2.17. The second kappa shape index (κ2) is 22.6. The zero-order valence-corrected chi connectivity index (χ0v) is 23.6. The average molecular weight is 506 g/mol. The van der Waals surface area contributed by atoms with Crippen LogP contribution in [0.1, 0.15) is 155 Å². The summed E-state index contributed by atoms with van der Waals surface area (Å²) < 4.78 is 5.38. The lowest BCUT2D eigenvalue weighted by Gasteiger charge is -2.20. The molecule has 0 saturated heterocycles.